The van der Waals surface area contributed by atoms with Gasteiger partial charge in [-0.2, -0.15) is 5.10 Å². The molecule has 1 aliphatic heterocycles. The Morgan fingerprint density at radius 1 is 1.58 bits per heavy atom. The number of carbonyl (C=O) groups excluding carboxylic acids is 1. The van der Waals surface area contributed by atoms with Crippen LogP contribution in [0.2, 0.25) is 0 Å². The van der Waals surface area contributed by atoms with Crippen LogP contribution in [0.1, 0.15) is 44.8 Å². The largest absolute Gasteiger partial charge is 0.444 e. The number of hydrogen-bond acceptors (Lipinski definition) is 5. The maximum atomic E-state index is 11.9. The summed E-state index contributed by atoms with van der Waals surface area (Å²) in [7, 11) is 0. The Labute approximate surface area is 112 Å². The van der Waals surface area contributed by atoms with Gasteiger partial charge in [0.15, 0.2) is 5.82 Å². The summed E-state index contributed by atoms with van der Waals surface area (Å²) in [5, 5.41) is 6.94. The van der Waals surface area contributed by atoms with Crippen molar-refractivity contribution >= 4 is 6.09 Å². The van der Waals surface area contributed by atoms with E-state index in [1.807, 2.05) is 20.8 Å². The van der Waals surface area contributed by atoms with E-state index in [9.17, 15) is 4.79 Å². The van der Waals surface area contributed by atoms with Crippen molar-refractivity contribution in [1.82, 2.24) is 20.1 Å². The lowest BCUT2D eigenvalue weighted by Gasteiger charge is -2.24. The van der Waals surface area contributed by atoms with Gasteiger partial charge in [-0.3, -0.25) is 5.10 Å². The Morgan fingerprint density at radius 2 is 2.32 bits per heavy atom. The van der Waals surface area contributed by atoms with E-state index in [-0.39, 0.29) is 12.0 Å². The zero-order valence-electron chi connectivity index (χ0n) is 11.6. The van der Waals surface area contributed by atoms with Crippen LogP contribution in [0.5, 0.6) is 0 Å². The molecule has 1 aromatic heterocycles. The molecule has 1 amide bonds. The summed E-state index contributed by atoms with van der Waals surface area (Å²) in [5.74, 6) is 1.56. The third-order valence-corrected chi connectivity index (χ3v) is 2.95. The molecule has 0 bridgehead atoms. The lowest BCUT2D eigenvalue weighted by Crippen LogP contribution is -2.35. The lowest BCUT2D eigenvalue weighted by molar-refractivity contribution is 0.0292. The zero-order chi connectivity index (χ0) is 14.0. The molecule has 2 rings (SSSR count). The van der Waals surface area contributed by atoms with Crippen molar-refractivity contribution in [2.75, 3.05) is 13.1 Å². The van der Waals surface area contributed by atoms with E-state index in [0.717, 1.165) is 12.2 Å². The number of aromatic amines is 1. The molecule has 0 saturated carbocycles. The van der Waals surface area contributed by atoms with Crippen LogP contribution in [-0.4, -0.2) is 44.9 Å². The summed E-state index contributed by atoms with van der Waals surface area (Å²) >= 11 is 0. The molecule has 0 unspecified atom stereocenters. The fraction of sp³-hybridized carbons (Fsp3) is 0.750. The van der Waals surface area contributed by atoms with Gasteiger partial charge in [0.25, 0.3) is 0 Å². The Balaban J connectivity index is 1.94. The van der Waals surface area contributed by atoms with Crippen molar-refractivity contribution in [1.29, 1.82) is 0 Å². The lowest BCUT2D eigenvalue weighted by atomic mass is 10.1. The monoisotopic (exact) mass is 267 g/mol. The van der Waals surface area contributed by atoms with Gasteiger partial charge >= 0.3 is 6.09 Å². The Hall–Kier alpha value is -1.63. The summed E-state index contributed by atoms with van der Waals surface area (Å²) < 4.78 is 5.35. The van der Waals surface area contributed by atoms with Gasteiger partial charge in [-0.1, -0.05) is 0 Å². The Bertz CT molecular complexity index is 451. The summed E-state index contributed by atoms with van der Waals surface area (Å²) in [6.45, 7) is 7.20. The summed E-state index contributed by atoms with van der Waals surface area (Å²) in [5.41, 5.74) is 5.02. The molecular formula is C12H21N5O2. The van der Waals surface area contributed by atoms with Crippen LogP contribution in [0.3, 0.4) is 0 Å². The van der Waals surface area contributed by atoms with Gasteiger partial charge in [0, 0.05) is 19.0 Å². The molecule has 1 atom stereocenters. The molecule has 0 spiro atoms. The van der Waals surface area contributed by atoms with Crippen molar-refractivity contribution < 1.29 is 9.53 Å². The maximum absolute atomic E-state index is 11.9. The molecule has 106 valence electrons. The molecule has 1 fully saturated rings. The molecule has 2 heterocycles. The first-order chi connectivity index (χ1) is 8.89. The van der Waals surface area contributed by atoms with Crippen LogP contribution >= 0.6 is 0 Å². The Morgan fingerprint density at radius 3 is 2.89 bits per heavy atom. The number of H-pyrrole nitrogens is 1. The predicted octanol–water partition coefficient (Wildman–Crippen LogP) is 0.988. The highest BCUT2D eigenvalue weighted by atomic mass is 16.6. The molecule has 1 saturated heterocycles. The number of hydrogen-bond donors (Lipinski definition) is 2. The van der Waals surface area contributed by atoms with Gasteiger partial charge in [-0.05, 0) is 27.2 Å². The second kappa shape index (κ2) is 5.16. The second-order valence-electron chi connectivity index (χ2n) is 5.76. The maximum Gasteiger partial charge on any atom is 0.410 e. The summed E-state index contributed by atoms with van der Waals surface area (Å²) in [4.78, 5) is 17.9. The molecule has 3 N–H and O–H groups in total. The standard InChI is InChI=1S/C12H21N5O2/c1-12(2,3)19-11(18)17-5-4-8(7-17)10-14-9(6-13)15-16-10/h8H,4-7,13H2,1-3H3,(H,14,15,16)/t8-/m0/s1. The van der Waals surface area contributed by atoms with Crippen LogP contribution in [0.15, 0.2) is 0 Å². The zero-order valence-corrected chi connectivity index (χ0v) is 11.6. The minimum absolute atomic E-state index is 0.157. The minimum Gasteiger partial charge on any atom is -0.444 e. The van der Waals surface area contributed by atoms with E-state index in [1.54, 1.807) is 4.90 Å². The smallest absolute Gasteiger partial charge is 0.410 e. The number of carbonyl (C=O) groups is 1. The average Bonchev–Trinajstić information content (AvgIpc) is 2.95. The van der Waals surface area contributed by atoms with Crippen molar-refractivity contribution in [3.05, 3.63) is 11.6 Å². The minimum atomic E-state index is -0.466. The van der Waals surface area contributed by atoms with Crippen molar-refractivity contribution in [2.24, 2.45) is 5.73 Å². The second-order valence-corrected chi connectivity index (χ2v) is 5.76. The molecule has 1 aliphatic rings. The van der Waals surface area contributed by atoms with Gasteiger partial charge in [-0.15, -0.1) is 0 Å². The number of nitrogens with two attached hydrogens (primary N) is 1. The fourth-order valence-electron chi connectivity index (χ4n) is 2.05. The average molecular weight is 267 g/mol. The number of nitrogens with one attached hydrogen (secondary N) is 1. The first-order valence-corrected chi connectivity index (χ1v) is 6.48. The highest BCUT2D eigenvalue weighted by Crippen LogP contribution is 2.25. The van der Waals surface area contributed by atoms with E-state index in [1.165, 1.54) is 0 Å². The predicted molar refractivity (Wildman–Crippen MR) is 69.4 cm³/mol. The summed E-state index contributed by atoms with van der Waals surface area (Å²) in [6, 6.07) is 0. The number of nitrogens with zero attached hydrogens (tertiary/aromatic N) is 3. The Kier molecular flexibility index (Phi) is 3.75. The first-order valence-electron chi connectivity index (χ1n) is 6.48. The molecule has 19 heavy (non-hydrogen) atoms. The molecule has 1 aromatic rings. The quantitative estimate of drug-likeness (QED) is 0.832. The normalized spacial score (nSPS) is 19.8. The first kappa shape index (κ1) is 13.8. The van der Waals surface area contributed by atoms with Gasteiger partial charge in [0.1, 0.15) is 11.4 Å². The topological polar surface area (TPSA) is 97.1 Å². The number of aromatic nitrogens is 3. The van der Waals surface area contributed by atoms with Crippen LogP contribution in [0.4, 0.5) is 4.79 Å². The van der Waals surface area contributed by atoms with E-state index in [2.05, 4.69) is 15.2 Å². The molecule has 7 nitrogen and oxygen atoms in total. The van der Waals surface area contributed by atoms with E-state index in [4.69, 9.17) is 10.5 Å². The molecule has 0 aliphatic carbocycles. The highest BCUT2D eigenvalue weighted by molar-refractivity contribution is 5.68. The van der Waals surface area contributed by atoms with Crippen LogP contribution < -0.4 is 5.73 Å². The van der Waals surface area contributed by atoms with Crippen molar-refractivity contribution in [2.45, 2.75) is 45.3 Å². The van der Waals surface area contributed by atoms with E-state index >= 15 is 0 Å². The van der Waals surface area contributed by atoms with Crippen molar-refractivity contribution in [3.63, 3.8) is 0 Å². The summed E-state index contributed by atoms with van der Waals surface area (Å²) in [6.07, 6.45) is 0.575. The van der Waals surface area contributed by atoms with Crippen LogP contribution in [0, 0.1) is 0 Å². The fourth-order valence-corrected chi connectivity index (χ4v) is 2.05. The van der Waals surface area contributed by atoms with Gasteiger partial charge < -0.3 is 15.4 Å². The van der Waals surface area contributed by atoms with E-state index in [0.29, 0.717) is 25.5 Å². The molecule has 0 radical (unpaired) electrons. The van der Waals surface area contributed by atoms with E-state index < -0.39 is 5.60 Å². The SMILES string of the molecule is CC(C)(C)OC(=O)N1CC[C@H](c2n[nH]c(CN)n2)C1. The van der Waals surface area contributed by atoms with Gasteiger partial charge in [-0.25, -0.2) is 9.78 Å². The van der Waals surface area contributed by atoms with Crippen molar-refractivity contribution in [3.8, 4) is 0 Å². The highest BCUT2D eigenvalue weighted by Gasteiger charge is 2.32. The van der Waals surface area contributed by atoms with Crippen LogP contribution in [-0.2, 0) is 11.3 Å². The van der Waals surface area contributed by atoms with Crippen LogP contribution in [0.25, 0.3) is 0 Å². The van der Waals surface area contributed by atoms with Gasteiger partial charge in [0.05, 0.1) is 6.54 Å². The number of likely N-dealkylation sites (tertiary alicyclic amines) is 1. The van der Waals surface area contributed by atoms with Gasteiger partial charge in [0.2, 0.25) is 0 Å². The molecule has 0 aromatic carbocycles. The third kappa shape index (κ3) is 3.44. The third-order valence-electron chi connectivity index (χ3n) is 2.95. The number of rotatable bonds is 2. The number of amides is 1. The molecular weight excluding hydrogens is 246 g/mol. The number of ether oxygens (including phenoxy) is 1. The molecule has 7 heteroatoms.